The molecule has 0 amide bonds. The second-order valence-corrected chi connectivity index (χ2v) is 5.88. The number of rotatable bonds is 10. The Bertz CT molecular complexity index is 478. The minimum atomic E-state index is 0.220. The fraction of sp³-hybridized carbons (Fsp3) is 0.500. The number of hydrogen-bond acceptors (Lipinski definition) is 3. The normalized spacial score (nSPS) is 20.4. The molecule has 0 spiro atoms. The van der Waals surface area contributed by atoms with E-state index in [-0.39, 0.29) is 6.10 Å². The molecule has 2 rings (SSSR count). The highest BCUT2D eigenvalue weighted by Gasteiger charge is 2.16. The molecule has 0 aliphatic carbocycles. The number of ether oxygens (including phenoxy) is 3. The molecular weight excluding hydrogens is 288 g/mol. The van der Waals surface area contributed by atoms with Gasteiger partial charge >= 0.3 is 0 Å². The second kappa shape index (κ2) is 10.2. The van der Waals surface area contributed by atoms with Crippen LogP contribution in [0.25, 0.3) is 0 Å². The Morgan fingerprint density at radius 1 is 1.26 bits per heavy atom. The monoisotopic (exact) mass is 316 g/mol. The summed E-state index contributed by atoms with van der Waals surface area (Å²) in [4.78, 5) is 0. The van der Waals surface area contributed by atoms with E-state index in [4.69, 9.17) is 14.2 Å². The second-order valence-electron chi connectivity index (χ2n) is 5.88. The summed E-state index contributed by atoms with van der Waals surface area (Å²) in [6.07, 6.45) is 12.1. The van der Waals surface area contributed by atoms with E-state index >= 15 is 0 Å². The maximum atomic E-state index is 6.01. The zero-order chi connectivity index (χ0) is 16.3. The predicted molar refractivity (Wildman–Crippen MR) is 93.7 cm³/mol. The summed E-state index contributed by atoms with van der Waals surface area (Å²) in [5, 5.41) is 0. The van der Waals surface area contributed by atoms with Crippen LogP contribution in [0, 0.1) is 0 Å². The van der Waals surface area contributed by atoms with Gasteiger partial charge in [-0.3, -0.25) is 0 Å². The molecule has 1 aliphatic rings. The first kappa shape index (κ1) is 17.8. The Balaban J connectivity index is 1.53. The summed E-state index contributed by atoms with van der Waals surface area (Å²) >= 11 is 0. The Kier molecular flexibility index (Phi) is 7.91. The van der Waals surface area contributed by atoms with Gasteiger partial charge < -0.3 is 14.2 Å². The van der Waals surface area contributed by atoms with Crippen molar-refractivity contribution in [1.82, 2.24) is 0 Å². The largest absolute Gasteiger partial charge is 0.497 e. The molecular formula is C20H28O3. The number of benzene rings is 1. The van der Waals surface area contributed by atoms with Crippen LogP contribution in [-0.4, -0.2) is 25.9 Å². The molecule has 0 unspecified atom stereocenters. The summed E-state index contributed by atoms with van der Waals surface area (Å²) in [5.41, 5.74) is 1.18. The quantitative estimate of drug-likeness (QED) is 0.464. The van der Waals surface area contributed by atoms with E-state index < -0.39 is 0 Å². The molecule has 1 heterocycles. The first-order valence-electron chi connectivity index (χ1n) is 8.45. The molecule has 0 bridgehead atoms. The lowest BCUT2D eigenvalue weighted by Crippen LogP contribution is -2.23. The predicted octanol–water partition coefficient (Wildman–Crippen LogP) is 4.67. The van der Waals surface area contributed by atoms with E-state index in [1.54, 1.807) is 7.11 Å². The Morgan fingerprint density at radius 2 is 2.09 bits per heavy atom. The average molecular weight is 316 g/mol. The third-order valence-electron chi connectivity index (χ3n) is 4.01. The van der Waals surface area contributed by atoms with Crippen molar-refractivity contribution in [3.63, 3.8) is 0 Å². The lowest BCUT2D eigenvalue weighted by molar-refractivity contribution is 0.000831. The summed E-state index contributed by atoms with van der Waals surface area (Å²) in [6.45, 7) is 5.23. The summed E-state index contributed by atoms with van der Waals surface area (Å²) in [6, 6.07) is 8.01. The minimum Gasteiger partial charge on any atom is -0.497 e. The number of unbranched alkanes of at least 4 members (excludes halogenated alkanes) is 1. The van der Waals surface area contributed by atoms with Crippen molar-refractivity contribution in [3.05, 3.63) is 54.6 Å². The van der Waals surface area contributed by atoms with Crippen molar-refractivity contribution in [2.24, 2.45) is 0 Å². The van der Waals surface area contributed by atoms with Gasteiger partial charge in [0.05, 0.1) is 25.9 Å². The summed E-state index contributed by atoms with van der Waals surface area (Å²) < 4.78 is 16.9. The van der Waals surface area contributed by atoms with Gasteiger partial charge in [-0.1, -0.05) is 30.4 Å². The maximum Gasteiger partial charge on any atom is 0.118 e. The van der Waals surface area contributed by atoms with Crippen molar-refractivity contribution in [3.8, 4) is 5.75 Å². The molecule has 0 radical (unpaired) electrons. The van der Waals surface area contributed by atoms with Crippen LogP contribution in [0.4, 0.5) is 0 Å². The van der Waals surface area contributed by atoms with Gasteiger partial charge in [-0.2, -0.15) is 0 Å². The molecule has 3 nitrogen and oxygen atoms in total. The van der Waals surface area contributed by atoms with Crippen LogP contribution in [0.1, 0.15) is 37.7 Å². The van der Waals surface area contributed by atoms with E-state index in [2.05, 4.69) is 18.7 Å². The molecule has 0 fully saturated rings. The van der Waals surface area contributed by atoms with E-state index in [1.807, 2.05) is 30.3 Å². The van der Waals surface area contributed by atoms with Crippen LogP contribution in [0.5, 0.6) is 5.75 Å². The van der Waals surface area contributed by atoms with Gasteiger partial charge in [-0.15, -0.1) is 6.58 Å². The summed E-state index contributed by atoms with van der Waals surface area (Å²) in [5.74, 6) is 0.880. The van der Waals surface area contributed by atoms with Gasteiger partial charge in [0.25, 0.3) is 0 Å². The molecule has 23 heavy (non-hydrogen) atoms. The first-order chi connectivity index (χ1) is 11.3. The molecule has 0 N–H and O–H groups in total. The Labute approximate surface area is 139 Å². The van der Waals surface area contributed by atoms with Crippen LogP contribution in [0.15, 0.2) is 49.1 Å². The van der Waals surface area contributed by atoms with Gasteiger partial charge in [0.2, 0.25) is 0 Å². The number of hydrogen-bond donors (Lipinski definition) is 0. The fourth-order valence-electron chi connectivity index (χ4n) is 2.70. The van der Waals surface area contributed by atoms with E-state index in [0.717, 1.165) is 44.5 Å². The molecule has 0 saturated heterocycles. The highest BCUT2D eigenvalue weighted by Crippen LogP contribution is 2.19. The highest BCUT2D eigenvalue weighted by molar-refractivity contribution is 5.26. The molecule has 2 atom stereocenters. The standard InChI is InChI=1S/C20H28O3/c1-3-7-19-9-6-10-20(23-19)8-4-5-15-22-16-17-11-13-18(21-2)14-12-17/h3,6,9,11-14,19-20H,1,4-5,7-8,10,15-16H2,2H3/t19-,20-/m1/s1. The molecule has 126 valence electrons. The zero-order valence-corrected chi connectivity index (χ0v) is 14.1. The molecule has 1 aliphatic heterocycles. The summed E-state index contributed by atoms with van der Waals surface area (Å²) in [7, 11) is 1.68. The Morgan fingerprint density at radius 3 is 2.83 bits per heavy atom. The number of methoxy groups -OCH3 is 1. The lowest BCUT2D eigenvalue weighted by atomic mass is 10.0. The van der Waals surface area contributed by atoms with Crippen molar-refractivity contribution in [2.45, 2.75) is 50.9 Å². The zero-order valence-electron chi connectivity index (χ0n) is 14.1. The van der Waals surface area contributed by atoms with Gasteiger partial charge in [0, 0.05) is 6.61 Å². The van der Waals surface area contributed by atoms with Crippen molar-refractivity contribution in [2.75, 3.05) is 13.7 Å². The first-order valence-corrected chi connectivity index (χ1v) is 8.45. The molecule has 1 aromatic carbocycles. The van der Waals surface area contributed by atoms with Gasteiger partial charge in [0.1, 0.15) is 5.75 Å². The SMILES string of the molecule is C=CC[C@@H]1C=CC[C@@H](CCCCOCc2ccc(OC)cc2)O1. The van der Waals surface area contributed by atoms with Gasteiger partial charge in [0.15, 0.2) is 0 Å². The van der Waals surface area contributed by atoms with Crippen LogP contribution in [0.2, 0.25) is 0 Å². The van der Waals surface area contributed by atoms with Gasteiger partial charge in [-0.05, 0) is 49.8 Å². The maximum absolute atomic E-state index is 6.01. The molecule has 1 aromatic rings. The van der Waals surface area contributed by atoms with Crippen LogP contribution in [-0.2, 0) is 16.1 Å². The topological polar surface area (TPSA) is 27.7 Å². The van der Waals surface area contributed by atoms with Crippen LogP contribution in [0.3, 0.4) is 0 Å². The van der Waals surface area contributed by atoms with E-state index in [0.29, 0.717) is 12.7 Å². The van der Waals surface area contributed by atoms with E-state index in [9.17, 15) is 0 Å². The van der Waals surface area contributed by atoms with Crippen molar-refractivity contribution < 1.29 is 14.2 Å². The molecule has 0 saturated carbocycles. The van der Waals surface area contributed by atoms with Crippen molar-refractivity contribution >= 4 is 0 Å². The smallest absolute Gasteiger partial charge is 0.118 e. The third kappa shape index (κ3) is 6.59. The van der Waals surface area contributed by atoms with Crippen LogP contribution < -0.4 is 4.74 Å². The molecule has 0 aromatic heterocycles. The van der Waals surface area contributed by atoms with Gasteiger partial charge in [-0.25, -0.2) is 0 Å². The fourth-order valence-corrected chi connectivity index (χ4v) is 2.70. The van der Waals surface area contributed by atoms with Crippen LogP contribution >= 0.6 is 0 Å². The average Bonchev–Trinajstić information content (AvgIpc) is 2.59. The van der Waals surface area contributed by atoms with E-state index in [1.165, 1.54) is 5.56 Å². The minimum absolute atomic E-state index is 0.220. The third-order valence-corrected chi connectivity index (χ3v) is 4.01. The highest BCUT2D eigenvalue weighted by atomic mass is 16.5. The lowest BCUT2D eigenvalue weighted by Gasteiger charge is -2.25. The Hall–Kier alpha value is -1.58. The van der Waals surface area contributed by atoms with Crippen molar-refractivity contribution in [1.29, 1.82) is 0 Å². The molecule has 3 heteroatoms.